The SMILES string of the molecule is CCC(CC)CN(CC)C(=O)c1cc(-c2ccc(F)cc2)nc2onc(C)c12. The quantitative estimate of drug-likeness (QED) is 0.560. The number of aryl methyl sites for hydroxylation is 1. The van der Waals surface area contributed by atoms with Crippen LogP contribution in [0.1, 0.15) is 49.7 Å². The van der Waals surface area contributed by atoms with E-state index in [0.717, 1.165) is 18.4 Å². The second-order valence-corrected chi connectivity index (χ2v) is 7.04. The molecule has 0 aliphatic carbocycles. The molecule has 2 heterocycles. The van der Waals surface area contributed by atoms with Gasteiger partial charge in [0, 0.05) is 18.7 Å². The Hall–Kier alpha value is -2.76. The molecule has 28 heavy (non-hydrogen) atoms. The van der Waals surface area contributed by atoms with Crippen LogP contribution < -0.4 is 0 Å². The van der Waals surface area contributed by atoms with Gasteiger partial charge in [0.05, 0.1) is 22.3 Å². The normalized spacial score (nSPS) is 11.4. The number of carbonyl (C=O) groups excluding carboxylic acids is 1. The topological polar surface area (TPSA) is 59.2 Å². The van der Waals surface area contributed by atoms with Crippen molar-refractivity contribution in [2.45, 2.75) is 40.5 Å². The second-order valence-electron chi connectivity index (χ2n) is 7.04. The molecule has 0 saturated carbocycles. The maximum atomic E-state index is 13.4. The van der Waals surface area contributed by atoms with Gasteiger partial charge in [-0.2, -0.15) is 0 Å². The number of benzene rings is 1. The standard InChI is InChI=1S/C22H26FN3O2/c1-5-15(6-2)13-26(7-3)22(27)18-12-19(16-8-10-17(23)11-9-16)24-21-20(18)14(4)25-28-21/h8-12,15H,5-7,13H2,1-4H3. The molecule has 0 spiro atoms. The summed E-state index contributed by atoms with van der Waals surface area (Å²) in [5.41, 5.74) is 2.76. The number of halogens is 1. The number of carbonyl (C=O) groups is 1. The van der Waals surface area contributed by atoms with E-state index in [4.69, 9.17) is 4.52 Å². The van der Waals surface area contributed by atoms with Gasteiger partial charge in [-0.25, -0.2) is 9.37 Å². The first-order valence-corrected chi connectivity index (χ1v) is 9.80. The third-order valence-corrected chi connectivity index (χ3v) is 5.29. The Morgan fingerprint density at radius 3 is 2.46 bits per heavy atom. The van der Waals surface area contributed by atoms with Crippen molar-refractivity contribution in [1.29, 1.82) is 0 Å². The maximum Gasteiger partial charge on any atom is 0.259 e. The molecule has 3 aromatic rings. The first kappa shape index (κ1) is 20.0. The average molecular weight is 383 g/mol. The van der Waals surface area contributed by atoms with Gasteiger partial charge in [0.15, 0.2) is 0 Å². The summed E-state index contributed by atoms with van der Waals surface area (Å²) in [7, 11) is 0. The minimum absolute atomic E-state index is 0.0588. The third kappa shape index (κ3) is 3.91. The molecule has 0 aliphatic rings. The predicted molar refractivity (Wildman–Crippen MR) is 108 cm³/mol. The predicted octanol–water partition coefficient (Wildman–Crippen LogP) is 5.24. The summed E-state index contributed by atoms with van der Waals surface area (Å²) in [4.78, 5) is 19.8. The van der Waals surface area contributed by atoms with Crippen molar-refractivity contribution in [1.82, 2.24) is 15.0 Å². The third-order valence-electron chi connectivity index (χ3n) is 5.29. The van der Waals surface area contributed by atoms with Gasteiger partial charge < -0.3 is 9.42 Å². The molecule has 0 bridgehead atoms. The molecule has 148 valence electrons. The van der Waals surface area contributed by atoms with E-state index >= 15 is 0 Å². The van der Waals surface area contributed by atoms with Crippen LogP contribution in [0.2, 0.25) is 0 Å². The molecule has 3 rings (SSSR count). The Morgan fingerprint density at radius 2 is 1.86 bits per heavy atom. The summed E-state index contributed by atoms with van der Waals surface area (Å²) < 4.78 is 18.7. The van der Waals surface area contributed by atoms with Crippen molar-refractivity contribution < 1.29 is 13.7 Å². The smallest absolute Gasteiger partial charge is 0.259 e. The van der Waals surface area contributed by atoms with Crippen LogP contribution in [0.25, 0.3) is 22.4 Å². The number of nitrogens with zero attached hydrogens (tertiary/aromatic N) is 3. The first-order valence-electron chi connectivity index (χ1n) is 9.80. The van der Waals surface area contributed by atoms with E-state index in [1.165, 1.54) is 12.1 Å². The summed E-state index contributed by atoms with van der Waals surface area (Å²) in [6.07, 6.45) is 2.05. The molecular formula is C22H26FN3O2. The van der Waals surface area contributed by atoms with E-state index in [1.54, 1.807) is 25.1 Å². The molecule has 0 fully saturated rings. The van der Waals surface area contributed by atoms with Gasteiger partial charge in [-0.15, -0.1) is 0 Å². The highest BCUT2D eigenvalue weighted by atomic mass is 19.1. The molecule has 0 unspecified atom stereocenters. The number of hydrogen-bond acceptors (Lipinski definition) is 4. The molecule has 0 N–H and O–H groups in total. The van der Waals surface area contributed by atoms with Crippen molar-refractivity contribution in [3.05, 3.63) is 47.4 Å². The van der Waals surface area contributed by atoms with Crippen LogP contribution in [0.3, 0.4) is 0 Å². The van der Waals surface area contributed by atoms with Crippen LogP contribution in [0.5, 0.6) is 0 Å². The molecule has 1 aromatic carbocycles. The average Bonchev–Trinajstić information content (AvgIpc) is 3.09. The van der Waals surface area contributed by atoms with Gasteiger partial charge in [0.25, 0.3) is 11.6 Å². The summed E-state index contributed by atoms with van der Waals surface area (Å²) in [6.45, 7) is 9.42. The Morgan fingerprint density at radius 1 is 1.18 bits per heavy atom. The van der Waals surface area contributed by atoms with Gasteiger partial charge in [-0.1, -0.05) is 31.8 Å². The van der Waals surface area contributed by atoms with Crippen molar-refractivity contribution in [3.63, 3.8) is 0 Å². The number of pyridine rings is 1. The summed E-state index contributed by atoms with van der Waals surface area (Å²) in [5, 5.41) is 4.64. The number of amides is 1. The first-order chi connectivity index (χ1) is 13.5. The van der Waals surface area contributed by atoms with E-state index < -0.39 is 0 Å². The monoisotopic (exact) mass is 383 g/mol. The molecule has 6 heteroatoms. The van der Waals surface area contributed by atoms with Crippen molar-refractivity contribution in [2.75, 3.05) is 13.1 Å². The number of fused-ring (bicyclic) bond motifs is 1. The molecule has 2 aromatic heterocycles. The van der Waals surface area contributed by atoms with Crippen LogP contribution in [-0.2, 0) is 0 Å². The second kappa shape index (κ2) is 8.50. The molecule has 1 amide bonds. The number of aromatic nitrogens is 2. The summed E-state index contributed by atoms with van der Waals surface area (Å²) >= 11 is 0. The lowest BCUT2D eigenvalue weighted by Crippen LogP contribution is -2.35. The van der Waals surface area contributed by atoms with E-state index in [1.807, 2.05) is 11.8 Å². The molecule has 5 nitrogen and oxygen atoms in total. The summed E-state index contributed by atoms with van der Waals surface area (Å²) in [6, 6.07) is 7.79. The van der Waals surface area contributed by atoms with Gasteiger partial charge in [-0.05, 0) is 50.1 Å². The summed E-state index contributed by atoms with van der Waals surface area (Å²) in [5.74, 6) is 0.0804. The Balaban J connectivity index is 2.08. The van der Waals surface area contributed by atoms with Crippen LogP contribution >= 0.6 is 0 Å². The van der Waals surface area contributed by atoms with Crippen LogP contribution in [0.4, 0.5) is 4.39 Å². The molecule has 0 radical (unpaired) electrons. The molecule has 0 atom stereocenters. The Kier molecular flexibility index (Phi) is 6.07. The lowest BCUT2D eigenvalue weighted by Gasteiger charge is -2.26. The van der Waals surface area contributed by atoms with Crippen molar-refractivity contribution >= 4 is 17.0 Å². The lowest BCUT2D eigenvalue weighted by molar-refractivity contribution is 0.0737. The van der Waals surface area contributed by atoms with Crippen LogP contribution in [-0.4, -0.2) is 34.0 Å². The number of hydrogen-bond donors (Lipinski definition) is 0. The van der Waals surface area contributed by atoms with E-state index in [0.29, 0.717) is 47.1 Å². The van der Waals surface area contributed by atoms with Crippen LogP contribution in [0.15, 0.2) is 34.9 Å². The largest absolute Gasteiger partial charge is 0.339 e. The zero-order valence-electron chi connectivity index (χ0n) is 16.8. The van der Waals surface area contributed by atoms with E-state index in [9.17, 15) is 9.18 Å². The van der Waals surface area contributed by atoms with Gasteiger partial charge in [0.1, 0.15) is 5.82 Å². The molecular weight excluding hydrogens is 357 g/mol. The van der Waals surface area contributed by atoms with Crippen molar-refractivity contribution in [2.24, 2.45) is 5.92 Å². The number of rotatable bonds is 7. The molecule has 0 aliphatic heterocycles. The van der Waals surface area contributed by atoms with Crippen molar-refractivity contribution in [3.8, 4) is 11.3 Å². The zero-order chi connectivity index (χ0) is 20.3. The Labute approximate surface area is 164 Å². The Bertz CT molecular complexity index is 962. The highest BCUT2D eigenvalue weighted by Gasteiger charge is 2.24. The highest BCUT2D eigenvalue weighted by Crippen LogP contribution is 2.28. The van der Waals surface area contributed by atoms with E-state index in [-0.39, 0.29) is 11.7 Å². The van der Waals surface area contributed by atoms with Gasteiger partial charge in [-0.3, -0.25) is 4.79 Å². The fourth-order valence-electron chi connectivity index (χ4n) is 3.42. The lowest BCUT2D eigenvalue weighted by atomic mass is 10.0. The van der Waals surface area contributed by atoms with Crippen LogP contribution in [0, 0.1) is 18.7 Å². The highest BCUT2D eigenvalue weighted by molar-refractivity contribution is 6.07. The molecule has 0 saturated heterocycles. The van der Waals surface area contributed by atoms with Gasteiger partial charge in [0.2, 0.25) is 0 Å². The maximum absolute atomic E-state index is 13.4. The van der Waals surface area contributed by atoms with E-state index in [2.05, 4.69) is 24.0 Å². The minimum atomic E-state index is -0.320. The fourth-order valence-corrected chi connectivity index (χ4v) is 3.42. The fraction of sp³-hybridized carbons (Fsp3) is 0.409. The van der Waals surface area contributed by atoms with Gasteiger partial charge >= 0.3 is 0 Å². The zero-order valence-corrected chi connectivity index (χ0v) is 16.8. The minimum Gasteiger partial charge on any atom is -0.339 e.